The first-order chi connectivity index (χ1) is 14.7. The van der Waals surface area contributed by atoms with Crippen LogP contribution in [0.4, 0.5) is 0 Å². The second-order valence-electron chi connectivity index (χ2n) is 6.88. The van der Waals surface area contributed by atoms with E-state index in [1.807, 2.05) is 42.5 Å². The SMILES string of the molecule is NCCCCn1c(SCc2ccc(Cl)c(Cl)c2)nnc1-c1ccc2ccccc2n1. The summed E-state index contributed by atoms with van der Waals surface area (Å²) in [7, 11) is 0. The molecule has 2 aromatic carbocycles. The minimum Gasteiger partial charge on any atom is -0.330 e. The van der Waals surface area contributed by atoms with Gasteiger partial charge in [-0.05, 0) is 49.2 Å². The van der Waals surface area contributed by atoms with Crippen molar-refractivity contribution < 1.29 is 0 Å². The molecule has 0 saturated carbocycles. The van der Waals surface area contributed by atoms with Gasteiger partial charge in [0.1, 0.15) is 5.69 Å². The highest BCUT2D eigenvalue weighted by molar-refractivity contribution is 7.98. The molecule has 0 radical (unpaired) electrons. The zero-order valence-electron chi connectivity index (χ0n) is 16.3. The Hall–Kier alpha value is -2.12. The Bertz CT molecular complexity index is 1160. The second-order valence-corrected chi connectivity index (χ2v) is 8.64. The zero-order chi connectivity index (χ0) is 20.9. The quantitative estimate of drug-likeness (QED) is 0.266. The van der Waals surface area contributed by atoms with Crippen molar-refractivity contribution in [3.8, 4) is 11.5 Å². The van der Waals surface area contributed by atoms with Crippen LogP contribution in [0.15, 0.2) is 59.8 Å². The Labute approximate surface area is 189 Å². The lowest BCUT2D eigenvalue weighted by Crippen LogP contribution is -2.06. The normalized spacial score (nSPS) is 11.3. The number of pyridine rings is 1. The number of benzene rings is 2. The monoisotopic (exact) mass is 457 g/mol. The highest BCUT2D eigenvalue weighted by Gasteiger charge is 2.16. The maximum absolute atomic E-state index is 6.15. The van der Waals surface area contributed by atoms with E-state index in [-0.39, 0.29) is 0 Å². The Morgan fingerprint density at radius 2 is 1.80 bits per heavy atom. The van der Waals surface area contributed by atoms with Gasteiger partial charge in [0.05, 0.1) is 15.6 Å². The fraction of sp³-hybridized carbons (Fsp3) is 0.227. The molecule has 0 aliphatic rings. The fourth-order valence-corrected chi connectivity index (χ4v) is 4.40. The van der Waals surface area contributed by atoms with Crippen LogP contribution in [0.5, 0.6) is 0 Å². The molecule has 8 heteroatoms. The van der Waals surface area contributed by atoms with E-state index in [4.69, 9.17) is 33.9 Å². The number of hydrogen-bond acceptors (Lipinski definition) is 5. The number of para-hydroxylation sites is 1. The number of unbranched alkanes of at least 4 members (excludes halogenated alkanes) is 1. The van der Waals surface area contributed by atoms with Gasteiger partial charge in [-0.1, -0.05) is 65.3 Å². The van der Waals surface area contributed by atoms with E-state index in [0.29, 0.717) is 16.6 Å². The molecule has 0 amide bonds. The highest BCUT2D eigenvalue weighted by atomic mass is 35.5. The predicted molar refractivity (Wildman–Crippen MR) is 125 cm³/mol. The molecule has 0 unspecified atom stereocenters. The largest absolute Gasteiger partial charge is 0.330 e. The summed E-state index contributed by atoms with van der Waals surface area (Å²) in [4.78, 5) is 4.80. The average molecular weight is 458 g/mol. The molecule has 0 spiro atoms. The van der Waals surface area contributed by atoms with Gasteiger partial charge in [0.2, 0.25) is 0 Å². The fourth-order valence-electron chi connectivity index (χ4n) is 3.17. The summed E-state index contributed by atoms with van der Waals surface area (Å²) in [6.07, 6.45) is 1.90. The first kappa shape index (κ1) is 21.1. The number of nitrogens with zero attached hydrogens (tertiary/aromatic N) is 4. The molecule has 30 heavy (non-hydrogen) atoms. The molecule has 0 bridgehead atoms. The molecule has 0 saturated heterocycles. The summed E-state index contributed by atoms with van der Waals surface area (Å²) in [5.41, 5.74) is 8.53. The Morgan fingerprint density at radius 3 is 2.63 bits per heavy atom. The third-order valence-electron chi connectivity index (χ3n) is 4.73. The number of aromatic nitrogens is 4. The molecule has 0 aliphatic carbocycles. The second kappa shape index (κ2) is 9.79. The number of fused-ring (bicyclic) bond motifs is 1. The summed E-state index contributed by atoms with van der Waals surface area (Å²) in [6, 6.07) is 17.8. The number of nitrogens with two attached hydrogens (primary N) is 1. The van der Waals surface area contributed by atoms with Crippen LogP contribution in [0.1, 0.15) is 18.4 Å². The summed E-state index contributed by atoms with van der Waals surface area (Å²) < 4.78 is 2.13. The van der Waals surface area contributed by atoms with Gasteiger partial charge in [-0.25, -0.2) is 4.98 Å². The van der Waals surface area contributed by atoms with Crippen molar-refractivity contribution in [2.75, 3.05) is 6.54 Å². The smallest absolute Gasteiger partial charge is 0.191 e. The first-order valence-corrected chi connectivity index (χ1v) is 11.5. The first-order valence-electron chi connectivity index (χ1n) is 9.72. The van der Waals surface area contributed by atoms with Gasteiger partial charge >= 0.3 is 0 Å². The molecule has 0 atom stereocenters. The van der Waals surface area contributed by atoms with Crippen molar-refractivity contribution in [2.24, 2.45) is 5.73 Å². The number of halogens is 2. The molecule has 4 aromatic rings. The lowest BCUT2D eigenvalue weighted by atomic mass is 10.2. The summed E-state index contributed by atoms with van der Waals surface area (Å²) in [5.74, 6) is 1.49. The van der Waals surface area contributed by atoms with Crippen LogP contribution >= 0.6 is 35.0 Å². The van der Waals surface area contributed by atoms with Crippen LogP contribution in [-0.4, -0.2) is 26.3 Å². The number of hydrogen-bond donors (Lipinski definition) is 1. The van der Waals surface area contributed by atoms with Gasteiger partial charge in [-0.2, -0.15) is 0 Å². The van der Waals surface area contributed by atoms with Crippen molar-refractivity contribution in [1.29, 1.82) is 0 Å². The Morgan fingerprint density at radius 1 is 0.933 bits per heavy atom. The molecule has 4 rings (SSSR count). The lowest BCUT2D eigenvalue weighted by Gasteiger charge is -2.10. The van der Waals surface area contributed by atoms with Gasteiger partial charge in [-0.3, -0.25) is 0 Å². The minimum atomic E-state index is 0.556. The topological polar surface area (TPSA) is 69.6 Å². The lowest BCUT2D eigenvalue weighted by molar-refractivity contribution is 0.579. The van der Waals surface area contributed by atoms with Crippen LogP contribution in [-0.2, 0) is 12.3 Å². The Kier molecular flexibility index (Phi) is 6.89. The van der Waals surface area contributed by atoms with Crippen LogP contribution < -0.4 is 5.73 Å². The molecule has 2 N–H and O–H groups in total. The van der Waals surface area contributed by atoms with E-state index in [9.17, 15) is 0 Å². The van der Waals surface area contributed by atoms with E-state index >= 15 is 0 Å². The van der Waals surface area contributed by atoms with E-state index in [0.717, 1.165) is 58.3 Å². The van der Waals surface area contributed by atoms with Gasteiger partial charge in [-0.15, -0.1) is 10.2 Å². The minimum absolute atomic E-state index is 0.556. The summed E-state index contributed by atoms with van der Waals surface area (Å²) in [5, 5.41) is 12.0. The van der Waals surface area contributed by atoms with E-state index < -0.39 is 0 Å². The molecular formula is C22H21Cl2N5S. The average Bonchev–Trinajstić information content (AvgIpc) is 3.17. The maximum Gasteiger partial charge on any atom is 0.191 e. The van der Waals surface area contributed by atoms with Crippen molar-refractivity contribution in [3.05, 3.63) is 70.2 Å². The van der Waals surface area contributed by atoms with Crippen molar-refractivity contribution in [3.63, 3.8) is 0 Å². The van der Waals surface area contributed by atoms with E-state index in [1.54, 1.807) is 11.8 Å². The van der Waals surface area contributed by atoms with Crippen LogP contribution in [0, 0.1) is 0 Å². The summed E-state index contributed by atoms with van der Waals surface area (Å²) in [6.45, 7) is 1.45. The van der Waals surface area contributed by atoms with E-state index in [1.165, 1.54) is 0 Å². The molecular weight excluding hydrogens is 437 g/mol. The number of rotatable bonds is 8. The van der Waals surface area contributed by atoms with Crippen LogP contribution in [0.2, 0.25) is 10.0 Å². The molecule has 0 aliphatic heterocycles. The maximum atomic E-state index is 6.15. The van der Waals surface area contributed by atoms with Gasteiger partial charge < -0.3 is 10.3 Å². The van der Waals surface area contributed by atoms with Crippen molar-refractivity contribution in [1.82, 2.24) is 19.7 Å². The van der Waals surface area contributed by atoms with Crippen molar-refractivity contribution >= 4 is 45.9 Å². The highest BCUT2D eigenvalue weighted by Crippen LogP contribution is 2.29. The van der Waals surface area contributed by atoms with Crippen LogP contribution in [0.3, 0.4) is 0 Å². The van der Waals surface area contributed by atoms with Crippen molar-refractivity contribution in [2.45, 2.75) is 30.3 Å². The van der Waals surface area contributed by atoms with Gasteiger partial charge in [0.15, 0.2) is 11.0 Å². The molecule has 0 fully saturated rings. The number of thioether (sulfide) groups is 1. The molecule has 2 heterocycles. The molecule has 2 aromatic heterocycles. The van der Waals surface area contributed by atoms with Gasteiger partial charge in [0.25, 0.3) is 0 Å². The van der Waals surface area contributed by atoms with E-state index in [2.05, 4.69) is 26.9 Å². The molecule has 5 nitrogen and oxygen atoms in total. The predicted octanol–water partition coefficient (Wildman–Crippen LogP) is 5.83. The molecule has 154 valence electrons. The van der Waals surface area contributed by atoms with Gasteiger partial charge in [0, 0.05) is 17.7 Å². The standard InChI is InChI=1S/C22H21Cl2N5S/c23-17-9-7-15(13-18(17)24)14-30-22-28-27-21(29(22)12-4-3-11-25)20-10-8-16-5-1-2-6-19(16)26-20/h1-2,5-10,13H,3-4,11-12,14,25H2. The third kappa shape index (κ3) is 4.78. The Balaban J connectivity index is 1.62. The van der Waals surface area contributed by atoms with Crippen LogP contribution in [0.25, 0.3) is 22.4 Å². The summed E-state index contributed by atoms with van der Waals surface area (Å²) >= 11 is 13.8. The zero-order valence-corrected chi connectivity index (χ0v) is 18.6. The third-order valence-corrected chi connectivity index (χ3v) is 6.51.